The van der Waals surface area contributed by atoms with Crippen molar-refractivity contribution in [2.45, 2.75) is 26.3 Å². The molecule has 0 bridgehead atoms. The third kappa shape index (κ3) is 3.73. The van der Waals surface area contributed by atoms with Crippen molar-refractivity contribution in [3.8, 4) is 5.75 Å². The van der Waals surface area contributed by atoms with E-state index in [4.69, 9.17) is 5.73 Å². The van der Waals surface area contributed by atoms with Gasteiger partial charge in [-0.1, -0.05) is 26.0 Å². The maximum atomic E-state index is 11.9. The summed E-state index contributed by atoms with van der Waals surface area (Å²) >= 11 is 0. The molecule has 0 aliphatic carbocycles. The highest BCUT2D eigenvalue weighted by Gasteiger charge is 2.31. The molecule has 0 unspecified atom stereocenters. The first-order valence-corrected chi connectivity index (χ1v) is 4.91. The predicted octanol–water partition coefficient (Wildman–Crippen LogP) is 3.24. The van der Waals surface area contributed by atoms with Gasteiger partial charge in [0.25, 0.3) is 0 Å². The molecule has 0 amide bonds. The highest BCUT2D eigenvalue weighted by molar-refractivity contribution is 5.29. The molecular formula is C11H14F3NO. The van der Waals surface area contributed by atoms with Crippen molar-refractivity contribution in [1.29, 1.82) is 0 Å². The van der Waals surface area contributed by atoms with Crippen LogP contribution < -0.4 is 10.5 Å². The molecule has 0 aromatic heterocycles. The first-order chi connectivity index (χ1) is 7.29. The molecule has 0 fully saturated rings. The van der Waals surface area contributed by atoms with E-state index in [1.807, 2.05) is 13.8 Å². The van der Waals surface area contributed by atoms with Gasteiger partial charge in [0.05, 0.1) is 0 Å². The molecule has 0 aliphatic heterocycles. The topological polar surface area (TPSA) is 35.2 Å². The van der Waals surface area contributed by atoms with Crippen LogP contribution in [0.4, 0.5) is 13.2 Å². The Labute approximate surface area is 92.2 Å². The number of nitrogens with two attached hydrogens (primary N) is 1. The Morgan fingerprint density at radius 3 is 2.00 bits per heavy atom. The van der Waals surface area contributed by atoms with E-state index in [1.54, 1.807) is 12.1 Å². The maximum absolute atomic E-state index is 11.9. The van der Waals surface area contributed by atoms with E-state index in [1.165, 1.54) is 12.1 Å². The molecule has 1 aromatic rings. The Morgan fingerprint density at radius 2 is 1.62 bits per heavy atom. The third-order valence-corrected chi connectivity index (χ3v) is 2.22. The van der Waals surface area contributed by atoms with E-state index >= 15 is 0 Å². The Morgan fingerprint density at radius 1 is 1.12 bits per heavy atom. The number of alkyl halides is 3. The third-order valence-electron chi connectivity index (χ3n) is 2.22. The first kappa shape index (κ1) is 12.8. The minimum absolute atomic E-state index is 0.181. The number of rotatable bonds is 3. The van der Waals surface area contributed by atoms with Gasteiger partial charge < -0.3 is 10.5 Å². The monoisotopic (exact) mass is 233 g/mol. The van der Waals surface area contributed by atoms with Gasteiger partial charge in [-0.2, -0.15) is 0 Å². The van der Waals surface area contributed by atoms with Crippen molar-refractivity contribution < 1.29 is 17.9 Å². The summed E-state index contributed by atoms with van der Waals surface area (Å²) in [7, 11) is 0. The molecule has 90 valence electrons. The second kappa shape index (κ2) is 4.74. The second-order valence-electron chi connectivity index (χ2n) is 3.89. The minimum atomic E-state index is -4.65. The highest BCUT2D eigenvalue weighted by atomic mass is 19.4. The number of halogens is 3. The smallest absolute Gasteiger partial charge is 0.406 e. The van der Waals surface area contributed by atoms with E-state index in [9.17, 15) is 13.2 Å². The average molecular weight is 233 g/mol. The number of hydrogen-bond acceptors (Lipinski definition) is 2. The molecule has 2 nitrogen and oxygen atoms in total. The van der Waals surface area contributed by atoms with Crippen LogP contribution >= 0.6 is 0 Å². The van der Waals surface area contributed by atoms with E-state index in [2.05, 4.69) is 4.74 Å². The van der Waals surface area contributed by atoms with Crippen LogP contribution in [0.25, 0.3) is 0 Å². The molecule has 16 heavy (non-hydrogen) atoms. The van der Waals surface area contributed by atoms with Crippen LogP contribution in [-0.4, -0.2) is 6.36 Å². The maximum Gasteiger partial charge on any atom is 0.573 e. The van der Waals surface area contributed by atoms with Crippen molar-refractivity contribution in [3.05, 3.63) is 29.8 Å². The molecule has 2 N–H and O–H groups in total. The quantitative estimate of drug-likeness (QED) is 0.869. The van der Waals surface area contributed by atoms with Gasteiger partial charge in [-0.3, -0.25) is 0 Å². The van der Waals surface area contributed by atoms with Crippen molar-refractivity contribution in [2.24, 2.45) is 11.7 Å². The van der Waals surface area contributed by atoms with Gasteiger partial charge >= 0.3 is 6.36 Å². The standard InChI is InChI=1S/C11H14F3NO/c1-7(2)10(15)8-3-5-9(6-4-8)16-11(12,13)14/h3-7,10H,15H2,1-2H3/t10-/m1/s1. The summed E-state index contributed by atoms with van der Waals surface area (Å²) in [5.41, 5.74) is 6.65. The lowest BCUT2D eigenvalue weighted by atomic mass is 9.97. The molecule has 5 heteroatoms. The lowest BCUT2D eigenvalue weighted by Crippen LogP contribution is -2.18. The predicted molar refractivity (Wildman–Crippen MR) is 54.9 cm³/mol. The van der Waals surface area contributed by atoms with E-state index in [-0.39, 0.29) is 17.7 Å². The lowest BCUT2D eigenvalue weighted by Gasteiger charge is -2.16. The van der Waals surface area contributed by atoms with Gasteiger partial charge in [-0.05, 0) is 23.6 Å². The van der Waals surface area contributed by atoms with Crippen LogP contribution in [0.5, 0.6) is 5.75 Å². The summed E-state index contributed by atoms with van der Waals surface area (Å²) < 4.78 is 39.4. The largest absolute Gasteiger partial charge is 0.573 e. The van der Waals surface area contributed by atoms with E-state index in [0.717, 1.165) is 5.56 Å². The Bertz CT molecular complexity index is 332. The van der Waals surface area contributed by atoms with Gasteiger partial charge in [0.15, 0.2) is 0 Å². The van der Waals surface area contributed by atoms with Gasteiger partial charge in [-0.15, -0.1) is 13.2 Å². The van der Waals surface area contributed by atoms with Crippen molar-refractivity contribution >= 4 is 0 Å². The summed E-state index contributed by atoms with van der Waals surface area (Å²) in [4.78, 5) is 0. The van der Waals surface area contributed by atoms with Gasteiger partial charge in [-0.25, -0.2) is 0 Å². The second-order valence-corrected chi connectivity index (χ2v) is 3.89. The van der Waals surface area contributed by atoms with Crippen molar-refractivity contribution in [1.82, 2.24) is 0 Å². The summed E-state index contributed by atoms with van der Waals surface area (Å²) in [5, 5.41) is 0. The summed E-state index contributed by atoms with van der Waals surface area (Å²) in [6.45, 7) is 3.90. The molecule has 0 heterocycles. The molecule has 1 atom stereocenters. The molecule has 0 saturated carbocycles. The van der Waals surface area contributed by atoms with Crippen LogP contribution in [0.3, 0.4) is 0 Å². The van der Waals surface area contributed by atoms with Gasteiger partial charge in [0.1, 0.15) is 5.75 Å². The molecule has 1 aromatic carbocycles. The zero-order valence-electron chi connectivity index (χ0n) is 9.08. The number of hydrogen-bond donors (Lipinski definition) is 1. The molecule has 0 spiro atoms. The van der Waals surface area contributed by atoms with Crippen LogP contribution in [0.1, 0.15) is 25.5 Å². The Balaban J connectivity index is 2.76. The summed E-state index contributed by atoms with van der Waals surface area (Å²) in [6.07, 6.45) is -4.65. The zero-order chi connectivity index (χ0) is 12.3. The fourth-order valence-corrected chi connectivity index (χ4v) is 1.28. The normalized spacial score (nSPS) is 13.9. The Hall–Kier alpha value is -1.23. The molecule has 0 radical (unpaired) electrons. The molecule has 0 saturated heterocycles. The van der Waals surface area contributed by atoms with E-state index < -0.39 is 6.36 Å². The number of benzene rings is 1. The fourth-order valence-electron chi connectivity index (χ4n) is 1.28. The van der Waals surface area contributed by atoms with Gasteiger partial charge in [0.2, 0.25) is 0 Å². The van der Waals surface area contributed by atoms with Crippen LogP contribution in [0.2, 0.25) is 0 Å². The Kier molecular flexibility index (Phi) is 3.80. The van der Waals surface area contributed by atoms with E-state index in [0.29, 0.717) is 0 Å². The van der Waals surface area contributed by atoms with Crippen molar-refractivity contribution in [3.63, 3.8) is 0 Å². The van der Waals surface area contributed by atoms with Crippen LogP contribution in [-0.2, 0) is 0 Å². The first-order valence-electron chi connectivity index (χ1n) is 4.91. The lowest BCUT2D eigenvalue weighted by molar-refractivity contribution is -0.274. The zero-order valence-corrected chi connectivity index (χ0v) is 9.08. The van der Waals surface area contributed by atoms with Crippen LogP contribution in [0, 0.1) is 5.92 Å². The van der Waals surface area contributed by atoms with Crippen LogP contribution in [0.15, 0.2) is 24.3 Å². The summed E-state index contributed by atoms with van der Waals surface area (Å²) in [6, 6.07) is 5.45. The van der Waals surface area contributed by atoms with Gasteiger partial charge in [0, 0.05) is 6.04 Å². The minimum Gasteiger partial charge on any atom is -0.406 e. The molecule has 0 aliphatic rings. The molecule has 1 rings (SSSR count). The SMILES string of the molecule is CC(C)[C@@H](N)c1ccc(OC(F)(F)F)cc1. The number of ether oxygens (including phenoxy) is 1. The van der Waals surface area contributed by atoms with Crippen molar-refractivity contribution in [2.75, 3.05) is 0 Å². The average Bonchev–Trinajstić information content (AvgIpc) is 2.15. The summed E-state index contributed by atoms with van der Waals surface area (Å²) in [5.74, 6) is 0.00147. The fraction of sp³-hybridized carbons (Fsp3) is 0.455. The highest BCUT2D eigenvalue weighted by Crippen LogP contribution is 2.25. The molecular weight excluding hydrogens is 219 g/mol.